The van der Waals surface area contributed by atoms with Crippen LogP contribution in [0.4, 0.5) is 5.69 Å². The van der Waals surface area contributed by atoms with Crippen LogP contribution < -0.4 is 9.03 Å². The van der Waals surface area contributed by atoms with Gasteiger partial charge in [-0.2, -0.15) is 0 Å². The molecule has 0 atom stereocenters. The minimum atomic E-state index is -3.81. The molecule has 2 heterocycles. The summed E-state index contributed by atoms with van der Waals surface area (Å²) in [4.78, 5) is 24.4. The molecule has 1 aromatic rings. The zero-order valence-electron chi connectivity index (χ0n) is 15.3. The Morgan fingerprint density at radius 3 is 2.32 bits per heavy atom. The first-order chi connectivity index (χ1) is 13.2. The van der Waals surface area contributed by atoms with E-state index in [1.54, 1.807) is 12.1 Å². The number of anilines is 1. The monoisotopic (exact) mass is 429 g/mol. The van der Waals surface area contributed by atoms with Crippen LogP contribution in [-0.4, -0.2) is 64.7 Å². The topological polar surface area (TPSA) is 121 Å². The highest BCUT2D eigenvalue weighted by atomic mass is 32.2. The molecule has 2 amide bonds. The number of nitrogens with one attached hydrogen (secondary N) is 1. The van der Waals surface area contributed by atoms with Crippen molar-refractivity contribution in [3.8, 4) is 0 Å². The van der Waals surface area contributed by atoms with E-state index in [-0.39, 0.29) is 43.5 Å². The molecule has 2 aliphatic rings. The number of rotatable bonds is 8. The molecule has 28 heavy (non-hydrogen) atoms. The standard InChI is InChI=1S/C17H23N3O6S2/c21-16-6-3-7-17(22)19(16)11-13-27(23,24)18-9-12-28(25,26)20-10-8-14-4-1-2-5-15(14)20/h1-2,4-5,18H,3,6-13H2. The molecule has 9 nitrogen and oxygen atoms in total. The molecule has 0 aliphatic carbocycles. The Kier molecular flexibility index (Phi) is 6.06. The summed E-state index contributed by atoms with van der Waals surface area (Å²) in [5.41, 5.74) is 1.58. The van der Waals surface area contributed by atoms with Crippen molar-refractivity contribution in [3.63, 3.8) is 0 Å². The van der Waals surface area contributed by atoms with Crippen LogP contribution in [0.15, 0.2) is 24.3 Å². The summed E-state index contributed by atoms with van der Waals surface area (Å²) < 4.78 is 52.9. The van der Waals surface area contributed by atoms with Crippen molar-refractivity contribution in [2.24, 2.45) is 0 Å². The number of imide groups is 1. The highest BCUT2D eigenvalue weighted by molar-refractivity contribution is 7.93. The summed E-state index contributed by atoms with van der Waals surface area (Å²) in [7, 11) is -7.47. The largest absolute Gasteiger partial charge is 0.282 e. The van der Waals surface area contributed by atoms with E-state index in [4.69, 9.17) is 0 Å². The van der Waals surface area contributed by atoms with Gasteiger partial charge < -0.3 is 0 Å². The zero-order chi connectivity index (χ0) is 20.4. The van der Waals surface area contributed by atoms with Crippen molar-refractivity contribution in [1.29, 1.82) is 0 Å². The second kappa shape index (κ2) is 8.18. The maximum Gasteiger partial charge on any atom is 0.236 e. The first-order valence-electron chi connectivity index (χ1n) is 9.08. The van der Waals surface area contributed by atoms with Gasteiger partial charge in [0, 0.05) is 32.5 Å². The van der Waals surface area contributed by atoms with Crippen LogP contribution in [0.1, 0.15) is 24.8 Å². The van der Waals surface area contributed by atoms with Gasteiger partial charge in [0.25, 0.3) is 0 Å². The van der Waals surface area contributed by atoms with Gasteiger partial charge in [-0.05, 0) is 24.5 Å². The number of sulfonamides is 2. The maximum absolute atomic E-state index is 12.6. The van der Waals surface area contributed by atoms with Crippen molar-refractivity contribution in [3.05, 3.63) is 29.8 Å². The molecule has 3 rings (SSSR count). The molecule has 1 N–H and O–H groups in total. The molecule has 1 aromatic carbocycles. The quantitative estimate of drug-likeness (QED) is 0.573. The van der Waals surface area contributed by atoms with Crippen molar-refractivity contribution < 1.29 is 26.4 Å². The second-order valence-electron chi connectivity index (χ2n) is 6.77. The molecule has 1 fully saturated rings. The van der Waals surface area contributed by atoms with Gasteiger partial charge in [0.05, 0.1) is 17.2 Å². The molecular weight excluding hydrogens is 406 g/mol. The number of fused-ring (bicyclic) bond motifs is 1. The lowest BCUT2D eigenvalue weighted by Gasteiger charge is -2.24. The SMILES string of the molecule is O=C1CCCC(=O)N1CCS(=O)(=O)NCCS(=O)(=O)N1CCc2ccccc21. The van der Waals surface area contributed by atoms with Crippen molar-refractivity contribution in [2.75, 3.05) is 35.4 Å². The number of carbonyl (C=O) groups is 2. The van der Waals surface area contributed by atoms with Crippen LogP contribution in [0.2, 0.25) is 0 Å². The molecular formula is C17H23N3O6S2. The number of para-hydroxylation sites is 1. The average molecular weight is 430 g/mol. The molecule has 0 bridgehead atoms. The number of amides is 2. The van der Waals surface area contributed by atoms with E-state index in [0.717, 1.165) is 10.5 Å². The number of hydrogen-bond donors (Lipinski definition) is 1. The third kappa shape index (κ3) is 4.70. The average Bonchev–Trinajstić information content (AvgIpc) is 3.06. The first-order valence-corrected chi connectivity index (χ1v) is 12.3. The fourth-order valence-electron chi connectivity index (χ4n) is 3.37. The van der Waals surface area contributed by atoms with Gasteiger partial charge in [-0.25, -0.2) is 21.6 Å². The number of carbonyl (C=O) groups excluding carboxylic acids is 2. The maximum atomic E-state index is 12.6. The van der Waals surface area contributed by atoms with E-state index in [2.05, 4.69) is 4.72 Å². The summed E-state index contributed by atoms with van der Waals surface area (Å²) in [5.74, 6) is -1.57. The fraction of sp³-hybridized carbons (Fsp3) is 0.529. The molecule has 1 saturated heterocycles. The van der Waals surface area contributed by atoms with E-state index >= 15 is 0 Å². The smallest absolute Gasteiger partial charge is 0.236 e. The van der Waals surface area contributed by atoms with Gasteiger partial charge in [0.1, 0.15) is 0 Å². The predicted molar refractivity (Wildman–Crippen MR) is 104 cm³/mol. The number of piperidine rings is 1. The minimum absolute atomic E-state index is 0.223. The van der Waals surface area contributed by atoms with E-state index in [1.165, 1.54) is 4.31 Å². The van der Waals surface area contributed by atoms with Crippen LogP contribution in [0.3, 0.4) is 0 Å². The molecule has 11 heteroatoms. The Labute approximate surface area is 164 Å². The van der Waals surface area contributed by atoms with Crippen LogP contribution in [0.5, 0.6) is 0 Å². The number of likely N-dealkylation sites (tertiary alicyclic amines) is 1. The lowest BCUT2D eigenvalue weighted by molar-refractivity contribution is -0.147. The zero-order valence-corrected chi connectivity index (χ0v) is 17.0. The van der Waals surface area contributed by atoms with E-state index in [0.29, 0.717) is 25.1 Å². The van der Waals surface area contributed by atoms with Gasteiger partial charge in [0.2, 0.25) is 31.9 Å². The summed E-state index contributed by atoms with van der Waals surface area (Å²) in [6.07, 6.45) is 1.57. The van der Waals surface area contributed by atoms with E-state index in [1.807, 2.05) is 12.1 Å². The Hall–Kier alpha value is -1.98. The predicted octanol–water partition coefficient (Wildman–Crippen LogP) is -0.163. The highest BCUT2D eigenvalue weighted by Gasteiger charge is 2.30. The minimum Gasteiger partial charge on any atom is -0.282 e. The fourth-order valence-corrected chi connectivity index (χ4v) is 5.90. The molecule has 0 aromatic heterocycles. The van der Waals surface area contributed by atoms with Crippen molar-refractivity contribution in [2.45, 2.75) is 25.7 Å². The number of benzene rings is 1. The van der Waals surface area contributed by atoms with Crippen LogP contribution in [0, 0.1) is 0 Å². The summed E-state index contributed by atoms with van der Waals surface area (Å²) in [5, 5.41) is 0. The highest BCUT2D eigenvalue weighted by Crippen LogP contribution is 2.29. The lowest BCUT2D eigenvalue weighted by atomic mass is 10.1. The molecule has 154 valence electrons. The van der Waals surface area contributed by atoms with E-state index < -0.39 is 25.8 Å². The van der Waals surface area contributed by atoms with Crippen molar-refractivity contribution >= 4 is 37.5 Å². The van der Waals surface area contributed by atoms with E-state index in [9.17, 15) is 26.4 Å². The van der Waals surface area contributed by atoms with Crippen LogP contribution in [0.25, 0.3) is 0 Å². The molecule has 0 radical (unpaired) electrons. The molecule has 0 saturated carbocycles. The Bertz CT molecular complexity index is 958. The van der Waals surface area contributed by atoms with Crippen molar-refractivity contribution in [1.82, 2.24) is 9.62 Å². The third-order valence-electron chi connectivity index (χ3n) is 4.83. The van der Waals surface area contributed by atoms with Gasteiger partial charge in [0.15, 0.2) is 0 Å². The number of nitrogens with zero attached hydrogens (tertiary/aromatic N) is 2. The normalized spacial score (nSPS) is 17.9. The molecule has 0 spiro atoms. The molecule has 0 unspecified atom stereocenters. The summed E-state index contributed by atoms with van der Waals surface area (Å²) in [6.45, 7) is -0.155. The Morgan fingerprint density at radius 2 is 1.61 bits per heavy atom. The van der Waals surface area contributed by atoms with Gasteiger partial charge in [-0.1, -0.05) is 18.2 Å². The first kappa shape index (κ1) is 20.7. The van der Waals surface area contributed by atoms with Gasteiger partial charge >= 0.3 is 0 Å². The third-order valence-corrected chi connectivity index (χ3v) is 7.96. The Morgan fingerprint density at radius 1 is 0.929 bits per heavy atom. The Balaban J connectivity index is 1.52. The summed E-state index contributed by atoms with van der Waals surface area (Å²) >= 11 is 0. The van der Waals surface area contributed by atoms with Gasteiger partial charge in [-0.15, -0.1) is 0 Å². The van der Waals surface area contributed by atoms with Gasteiger partial charge in [-0.3, -0.25) is 18.8 Å². The molecule has 2 aliphatic heterocycles. The number of hydrogen-bond acceptors (Lipinski definition) is 6. The lowest BCUT2D eigenvalue weighted by Crippen LogP contribution is -2.44. The summed E-state index contributed by atoms with van der Waals surface area (Å²) in [6, 6.07) is 7.22. The van der Waals surface area contributed by atoms with Crippen LogP contribution >= 0.6 is 0 Å². The van der Waals surface area contributed by atoms with Crippen LogP contribution in [-0.2, 0) is 36.1 Å². The second-order valence-corrected chi connectivity index (χ2v) is 10.7.